The second kappa shape index (κ2) is 4.67. The number of hydrogen-bond donors (Lipinski definition) is 2. The predicted molar refractivity (Wildman–Crippen MR) is 59.9 cm³/mol. The number of nitrogens with one attached hydrogen (secondary N) is 1. The van der Waals surface area contributed by atoms with Crippen LogP contribution in [0.2, 0.25) is 0 Å². The lowest BCUT2D eigenvalue weighted by Crippen LogP contribution is -2.48. The van der Waals surface area contributed by atoms with Crippen molar-refractivity contribution in [3.63, 3.8) is 0 Å². The third kappa shape index (κ3) is 2.97. The Morgan fingerprint density at radius 3 is 2.80 bits per heavy atom. The molecule has 15 heavy (non-hydrogen) atoms. The largest absolute Gasteiger partial charge is 0.345 e. The summed E-state index contributed by atoms with van der Waals surface area (Å²) in [5.74, 6) is -0.141. The van der Waals surface area contributed by atoms with E-state index in [2.05, 4.69) is 14.9 Å². The Hall–Kier alpha value is -1.01. The van der Waals surface area contributed by atoms with Crippen LogP contribution >= 0.6 is 11.5 Å². The fraction of sp³-hybridized carbons (Fsp3) is 0.667. The molecule has 1 rings (SSSR count). The molecule has 1 heterocycles. The van der Waals surface area contributed by atoms with Gasteiger partial charge in [-0.2, -0.15) is 0 Å². The molecule has 0 aliphatic carbocycles. The van der Waals surface area contributed by atoms with E-state index in [0.29, 0.717) is 17.8 Å². The van der Waals surface area contributed by atoms with Gasteiger partial charge < -0.3 is 11.1 Å². The van der Waals surface area contributed by atoms with E-state index < -0.39 is 5.54 Å². The molecule has 0 spiro atoms. The third-order valence-electron chi connectivity index (χ3n) is 2.06. The van der Waals surface area contributed by atoms with Crippen LogP contribution < -0.4 is 11.1 Å². The molecule has 0 fully saturated rings. The number of aromatic nitrogens is 2. The van der Waals surface area contributed by atoms with Gasteiger partial charge in [-0.25, -0.2) is 0 Å². The second-order valence-electron chi connectivity index (χ2n) is 3.94. The quantitative estimate of drug-likeness (QED) is 0.789. The number of nitrogens with zero attached hydrogens (tertiary/aromatic N) is 2. The van der Waals surface area contributed by atoms with Crippen LogP contribution in [-0.4, -0.2) is 27.6 Å². The molecule has 0 aromatic carbocycles. The minimum Gasteiger partial charge on any atom is -0.345 e. The van der Waals surface area contributed by atoms with Crippen LogP contribution in [0.3, 0.4) is 0 Å². The highest BCUT2D eigenvalue weighted by atomic mass is 32.1. The first-order valence-corrected chi connectivity index (χ1v) is 5.61. The molecule has 0 bridgehead atoms. The van der Waals surface area contributed by atoms with Crippen molar-refractivity contribution in [3.8, 4) is 0 Å². The maximum Gasteiger partial charge on any atom is 0.265 e. The van der Waals surface area contributed by atoms with Gasteiger partial charge >= 0.3 is 0 Å². The van der Waals surface area contributed by atoms with Crippen molar-refractivity contribution in [2.24, 2.45) is 5.73 Å². The van der Waals surface area contributed by atoms with Crippen molar-refractivity contribution in [3.05, 3.63) is 10.6 Å². The van der Waals surface area contributed by atoms with Crippen molar-refractivity contribution >= 4 is 17.4 Å². The van der Waals surface area contributed by atoms with Gasteiger partial charge in [0.1, 0.15) is 4.88 Å². The van der Waals surface area contributed by atoms with Gasteiger partial charge in [-0.15, -0.1) is 5.10 Å². The number of carbonyl (C=O) groups is 1. The molecule has 0 aliphatic heterocycles. The molecular formula is C9H16N4OS. The minimum absolute atomic E-state index is 0.141. The van der Waals surface area contributed by atoms with Crippen molar-refractivity contribution in [2.45, 2.75) is 32.7 Å². The molecule has 6 heteroatoms. The Morgan fingerprint density at radius 2 is 2.27 bits per heavy atom. The van der Waals surface area contributed by atoms with Gasteiger partial charge in [0.25, 0.3) is 5.91 Å². The van der Waals surface area contributed by atoms with Crippen molar-refractivity contribution in [2.75, 3.05) is 6.54 Å². The van der Waals surface area contributed by atoms with Crippen molar-refractivity contribution < 1.29 is 4.79 Å². The molecule has 84 valence electrons. The van der Waals surface area contributed by atoms with E-state index in [1.807, 2.05) is 20.8 Å². The number of amides is 1. The maximum atomic E-state index is 11.8. The van der Waals surface area contributed by atoms with Gasteiger partial charge in [0.05, 0.1) is 5.69 Å². The van der Waals surface area contributed by atoms with E-state index in [1.165, 1.54) is 0 Å². The fourth-order valence-electron chi connectivity index (χ4n) is 1.03. The number of rotatable bonds is 4. The Kier molecular flexibility index (Phi) is 3.76. The normalized spacial score (nSPS) is 11.5. The highest BCUT2D eigenvalue weighted by Gasteiger charge is 2.22. The van der Waals surface area contributed by atoms with Gasteiger partial charge in [-0.3, -0.25) is 4.79 Å². The number of nitrogens with two attached hydrogens (primary N) is 1. The molecule has 0 unspecified atom stereocenters. The predicted octanol–water partition coefficient (Wildman–Crippen LogP) is 0.568. The maximum absolute atomic E-state index is 11.8. The first-order valence-electron chi connectivity index (χ1n) is 4.84. The van der Waals surface area contributed by atoms with E-state index in [-0.39, 0.29) is 5.91 Å². The fourth-order valence-corrected chi connectivity index (χ4v) is 1.67. The summed E-state index contributed by atoms with van der Waals surface area (Å²) in [6, 6.07) is 0. The van der Waals surface area contributed by atoms with Gasteiger partial charge in [0.2, 0.25) is 0 Å². The number of aryl methyl sites for hydroxylation is 1. The summed E-state index contributed by atoms with van der Waals surface area (Å²) < 4.78 is 3.77. The average Bonchev–Trinajstić information content (AvgIpc) is 2.64. The van der Waals surface area contributed by atoms with Crippen LogP contribution in [-0.2, 0) is 6.42 Å². The van der Waals surface area contributed by atoms with Crippen molar-refractivity contribution in [1.82, 2.24) is 14.9 Å². The zero-order chi connectivity index (χ0) is 11.5. The molecule has 1 aromatic heterocycles. The zero-order valence-corrected chi connectivity index (χ0v) is 10.0. The first-order chi connectivity index (χ1) is 7.00. The van der Waals surface area contributed by atoms with Crippen LogP contribution in [0.25, 0.3) is 0 Å². The van der Waals surface area contributed by atoms with Crippen molar-refractivity contribution in [1.29, 1.82) is 0 Å². The summed E-state index contributed by atoms with van der Waals surface area (Å²) in [4.78, 5) is 12.4. The van der Waals surface area contributed by atoms with Crippen LogP contribution in [0.4, 0.5) is 0 Å². The lowest BCUT2D eigenvalue weighted by Gasteiger charge is -2.23. The monoisotopic (exact) mass is 228 g/mol. The first kappa shape index (κ1) is 12.1. The van der Waals surface area contributed by atoms with E-state index in [4.69, 9.17) is 5.73 Å². The summed E-state index contributed by atoms with van der Waals surface area (Å²) in [7, 11) is 0. The van der Waals surface area contributed by atoms with E-state index >= 15 is 0 Å². The number of hydrogen-bond acceptors (Lipinski definition) is 5. The summed E-state index contributed by atoms with van der Waals surface area (Å²) in [5, 5.41) is 6.74. The molecule has 0 aliphatic rings. The SMILES string of the molecule is CCc1nnsc1C(=O)NC(C)(C)CN. The summed E-state index contributed by atoms with van der Waals surface area (Å²) in [6.45, 7) is 6.10. The highest BCUT2D eigenvalue weighted by molar-refractivity contribution is 7.08. The van der Waals surface area contributed by atoms with Crippen LogP contribution in [0.5, 0.6) is 0 Å². The molecule has 1 aromatic rings. The van der Waals surface area contributed by atoms with Gasteiger partial charge in [-0.05, 0) is 31.8 Å². The smallest absolute Gasteiger partial charge is 0.265 e. The van der Waals surface area contributed by atoms with E-state index in [9.17, 15) is 4.79 Å². The van der Waals surface area contributed by atoms with E-state index in [0.717, 1.165) is 17.2 Å². The molecule has 5 nitrogen and oxygen atoms in total. The zero-order valence-electron chi connectivity index (χ0n) is 9.20. The van der Waals surface area contributed by atoms with Crippen LogP contribution in [0.1, 0.15) is 36.1 Å². The lowest BCUT2D eigenvalue weighted by molar-refractivity contribution is 0.0919. The topological polar surface area (TPSA) is 80.9 Å². The van der Waals surface area contributed by atoms with Gasteiger partial charge in [-0.1, -0.05) is 11.4 Å². The molecular weight excluding hydrogens is 212 g/mol. The summed E-state index contributed by atoms with van der Waals surface area (Å²) in [6.07, 6.45) is 0.711. The molecule has 0 saturated heterocycles. The Morgan fingerprint density at radius 1 is 1.60 bits per heavy atom. The van der Waals surface area contributed by atoms with Crippen LogP contribution in [0.15, 0.2) is 0 Å². The van der Waals surface area contributed by atoms with Gasteiger partial charge in [0.15, 0.2) is 0 Å². The second-order valence-corrected chi connectivity index (χ2v) is 4.70. The summed E-state index contributed by atoms with van der Waals surface area (Å²) >= 11 is 1.12. The standard InChI is InChI=1S/C9H16N4OS/c1-4-6-7(15-13-12-6)8(14)11-9(2,3)5-10/h4-5,10H2,1-3H3,(H,11,14). The Bertz CT molecular complexity index is 348. The Balaban J connectivity index is 2.78. The van der Waals surface area contributed by atoms with Gasteiger partial charge in [0, 0.05) is 12.1 Å². The van der Waals surface area contributed by atoms with E-state index in [1.54, 1.807) is 0 Å². The molecule has 3 N–H and O–H groups in total. The molecule has 1 amide bonds. The third-order valence-corrected chi connectivity index (χ3v) is 2.83. The minimum atomic E-state index is -0.397. The highest BCUT2D eigenvalue weighted by Crippen LogP contribution is 2.12. The lowest BCUT2D eigenvalue weighted by atomic mass is 10.1. The Labute approximate surface area is 93.2 Å². The summed E-state index contributed by atoms with van der Waals surface area (Å²) in [5.41, 5.74) is 5.88. The van der Waals surface area contributed by atoms with Crippen LogP contribution in [0, 0.1) is 0 Å². The number of carbonyl (C=O) groups excluding carboxylic acids is 1. The average molecular weight is 228 g/mol. The molecule has 0 radical (unpaired) electrons. The molecule has 0 atom stereocenters. The molecule has 0 saturated carbocycles.